The van der Waals surface area contributed by atoms with Crippen LogP contribution in [0.25, 0.3) is 5.57 Å². The maximum atomic E-state index is 13.8. The Morgan fingerprint density at radius 3 is 2.75 bits per heavy atom. The minimum atomic E-state index is -2.94. The van der Waals surface area contributed by atoms with E-state index in [1.165, 1.54) is 29.7 Å². The summed E-state index contributed by atoms with van der Waals surface area (Å²) in [5.41, 5.74) is -1.79. The molecule has 1 aliphatic rings. The molecular formula is C22H19ClF3N5O4S. The molecule has 9 nitrogen and oxygen atoms in total. The number of carbonyl (C=O) groups excluding carboxylic acids is 1. The number of rotatable bonds is 8. The molecule has 36 heavy (non-hydrogen) atoms. The molecule has 0 aliphatic carbocycles. The van der Waals surface area contributed by atoms with Crippen molar-refractivity contribution in [3.05, 3.63) is 74.8 Å². The van der Waals surface area contributed by atoms with Crippen molar-refractivity contribution in [1.82, 2.24) is 20.1 Å². The van der Waals surface area contributed by atoms with Gasteiger partial charge in [-0.05, 0) is 18.2 Å². The number of ether oxygens (including phenoxy) is 1. The van der Waals surface area contributed by atoms with E-state index in [4.69, 9.17) is 11.6 Å². The lowest BCUT2D eigenvalue weighted by atomic mass is 9.88. The highest BCUT2D eigenvalue weighted by atomic mass is 35.5. The number of carbonyl (C=O) groups is 1. The summed E-state index contributed by atoms with van der Waals surface area (Å²) in [6.45, 7) is -3.94. The number of aliphatic imine (C=N–C) groups is 1. The third kappa shape index (κ3) is 5.00. The van der Waals surface area contributed by atoms with Crippen LogP contribution in [0.1, 0.15) is 35.3 Å². The van der Waals surface area contributed by atoms with Gasteiger partial charge in [0.05, 0.1) is 19.4 Å². The third-order valence-electron chi connectivity index (χ3n) is 5.40. The molecule has 4 rings (SSSR count). The molecular weight excluding hydrogens is 523 g/mol. The van der Waals surface area contributed by atoms with Crippen LogP contribution in [-0.2, 0) is 9.53 Å². The number of alkyl halides is 2. The predicted octanol–water partition coefficient (Wildman–Crippen LogP) is 3.32. The van der Waals surface area contributed by atoms with Crippen LogP contribution in [0.15, 0.2) is 52.7 Å². The molecule has 2 atom stereocenters. The van der Waals surface area contributed by atoms with Crippen LogP contribution in [0, 0.1) is 5.82 Å². The number of methoxy groups -OCH3 is 1. The highest BCUT2D eigenvalue weighted by molar-refractivity contribution is 7.11. The maximum absolute atomic E-state index is 13.8. The highest BCUT2D eigenvalue weighted by Crippen LogP contribution is 2.42. The first-order valence-corrected chi connectivity index (χ1v) is 11.6. The van der Waals surface area contributed by atoms with Crippen molar-refractivity contribution < 1.29 is 32.9 Å². The quantitative estimate of drug-likeness (QED) is 0.374. The van der Waals surface area contributed by atoms with Crippen LogP contribution in [0.5, 0.6) is 0 Å². The molecule has 0 saturated heterocycles. The van der Waals surface area contributed by atoms with Crippen molar-refractivity contribution in [2.24, 2.45) is 4.99 Å². The zero-order valence-electron chi connectivity index (χ0n) is 18.5. The number of hydrogen-bond acceptors (Lipinski definition) is 9. The Bertz CT molecular complexity index is 1330. The lowest BCUT2D eigenvalue weighted by molar-refractivity contribution is -0.166. The van der Waals surface area contributed by atoms with E-state index in [1.807, 2.05) is 0 Å². The highest BCUT2D eigenvalue weighted by Gasteiger charge is 2.41. The van der Waals surface area contributed by atoms with Crippen LogP contribution in [-0.4, -0.2) is 56.1 Å². The normalized spacial score (nSPS) is 17.6. The molecule has 3 heterocycles. The number of thiazole rings is 1. The zero-order chi connectivity index (χ0) is 26.0. The molecule has 3 aromatic rings. The molecule has 14 heteroatoms. The monoisotopic (exact) mass is 541 g/mol. The average Bonchev–Trinajstić information content (AvgIpc) is 3.56. The average molecular weight is 542 g/mol. The SMILES string of the molecule is COC(=O)C(O)(CO)CC1=C(c2ccn(C(F)F)n2)[C@H](c2ccc(F)cc2Cl)N=C(c2nccs2)N1. The number of nitrogens with one attached hydrogen (secondary N) is 1. The van der Waals surface area contributed by atoms with Gasteiger partial charge < -0.3 is 20.3 Å². The standard InChI is InChI=1S/C22H19ClF3N5O4S/c1-35-20(33)22(34,10-32)9-15-16(14-4-6-31(30-14)21(25)26)17(12-3-2-11(24)8-13(12)23)29-18(28-15)19-27-5-7-36-19/h2-8,17,21,32,34H,9-10H2,1H3,(H,28,29)/t17-,22?/m0/s1. The summed E-state index contributed by atoms with van der Waals surface area (Å²) >= 11 is 7.58. The molecule has 0 radical (unpaired) electrons. The summed E-state index contributed by atoms with van der Waals surface area (Å²) in [6.07, 6.45) is 2.05. The topological polar surface area (TPSA) is 122 Å². The first kappa shape index (κ1) is 25.8. The fraction of sp³-hybridized carbons (Fsp3) is 0.273. The second-order valence-electron chi connectivity index (χ2n) is 7.72. The van der Waals surface area contributed by atoms with Crippen LogP contribution in [0.4, 0.5) is 13.2 Å². The summed E-state index contributed by atoms with van der Waals surface area (Å²) in [7, 11) is 1.04. The fourth-order valence-corrected chi connectivity index (χ4v) is 4.56. The number of aliphatic hydroxyl groups is 2. The van der Waals surface area contributed by atoms with Crippen LogP contribution in [0.3, 0.4) is 0 Å². The van der Waals surface area contributed by atoms with Crippen molar-refractivity contribution in [3.8, 4) is 0 Å². The predicted molar refractivity (Wildman–Crippen MR) is 125 cm³/mol. The molecule has 0 fully saturated rings. The molecule has 3 N–H and O–H groups in total. The van der Waals surface area contributed by atoms with E-state index in [1.54, 1.807) is 5.38 Å². The molecule has 0 amide bonds. The van der Waals surface area contributed by atoms with Gasteiger partial charge in [-0.1, -0.05) is 17.7 Å². The van der Waals surface area contributed by atoms with Crippen molar-refractivity contribution in [2.45, 2.75) is 24.6 Å². The van der Waals surface area contributed by atoms with Gasteiger partial charge in [-0.25, -0.2) is 18.9 Å². The van der Waals surface area contributed by atoms with E-state index in [0.29, 0.717) is 15.3 Å². The summed E-state index contributed by atoms with van der Waals surface area (Å²) < 4.78 is 45.6. The second kappa shape index (κ2) is 10.4. The Balaban J connectivity index is 1.96. The Kier molecular flexibility index (Phi) is 7.45. The minimum absolute atomic E-state index is 0.000307. The molecule has 0 bridgehead atoms. The van der Waals surface area contributed by atoms with Gasteiger partial charge in [0.15, 0.2) is 16.4 Å². The summed E-state index contributed by atoms with van der Waals surface area (Å²) in [5.74, 6) is -1.51. The molecule has 1 aliphatic heterocycles. The zero-order valence-corrected chi connectivity index (χ0v) is 20.1. The van der Waals surface area contributed by atoms with E-state index in [9.17, 15) is 28.2 Å². The van der Waals surface area contributed by atoms with E-state index in [2.05, 4.69) is 25.1 Å². The fourth-order valence-electron chi connectivity index (χ4n) is 3.70. The number of nitrogens with zero attached hydrogens (tertiary/aromatic N) is 4. The lowest BCUT2D eigenvalue weighted by Gasteiger charge is -2.31. The number of halogens is 4. The second-order valence-corrected chi connectivity index (χ2v) is 9.02. The molecule has 0 saturated carbocycles. The molecule has 1 unspecified atom stereocenters. The lowest BCUT2D eigenvalue weighted by Crippen LogP contribution is -2.46. The van der Waals surface area contributed by atoms with Gasteiger partial charge >= 0.3 is 12.5 Å². The number of benzene rings is 1. The van der Waals surface area contributed by atoms with Crippen molar-refractivity contribution in [3.63, 3.8) is 0 Å². The van der Waals surface area contributed by atoms with Crippen LogP contribution >= 0.6 is 22.9 Å². The summed E-state index contributed by atoms with van der Waals surface area (Å²) in [4.78, 5) is 21.2. The van der Waals surface area contributed by atoms with Gasteiger partial charge in [0.2, 0.25) is 0 Å². The van der Waals surface area contributed by atoms with Gasteiger partial charge in [0.1, 0.15) is 11.9 Å². The van der Waals surface area contributed by atoms with Crippen molar-refractivity contribution in [1.29, 1.82) is 0 Å². The summed E-state index contributed by atoms with van der Waals surface area (Å²) in [6, 6.07) is 3.89. The summed E-state index contributed by atoms with van der Waals surface area (Å²) in [5, 5.41) is 29.8. The van der Waals surface area contributed by atoms with E-state index < -0.39 is 43.0 Å². The first-order chi connectivity index (χ1) is 17.2. The smallest absolute Gasteiger partial charge is 0.340 e. The van der Waals surface area contributed by atoms with E-state index in [0.717, 1.165) is 25.4 Å². The molecule has 190 valence electrons. The first-order valence-electron chi connectivity index (χ1n) is 10.3. The largest absolute Gasteiger partial charge is 0.467 e. The number of hydrogen-bond donors (Lipinski definition) is 3. The van der Waals surface area contributed by atoms with Crippen LogP contribution < -0.4 is 5.32 Å². The maximum Gasteiger partial charge on any atom is 0.340 e. The molecule has 1 aromatic carbocycles. The van der Waals surface area contributed by atoms with Crippen molar-refractivity contribution >= 4 is 40.3 Å². The van der Waals surface area contributed by atoms with E-state index in [-0.39, 0.29) is 27.8 Å². The van der Waals surface area contributed by atoms with Gasteiger partial charge in [-0.15, -0.1) is 11.3 Å². The molecule has 0 spiro atoms. The number of aliphatic hydroxyl groups excluding tert-OH is 1. The van der Waals surface area contributed by atoms with Crippen molar-refractivity contribution in [2.75, 3.05) is 13.7 Å². The Morgan fingerprint density at radius 1 is 1.39 bits per heavy atom. The Hall–Kier alpha value is -3.26. The number of esters is 1. The van der Waals surface area contributed by atoms with Gasteiger partial charge in [0, 0.05) is 46.1 Å². The van der Waals surface area contributed by atoms with Gasteiger partial charge in [-0.2, -0.15) is 13.9 Å². The number of aromatic nitrogens is 3. The van der Waals surface area contributed by atoms with Crippen LogP contribution in [0.2, 0.25) is 5.02 Å². The number of amidine groups is 1. The van der Waals surface area contributed by atoms with Gasteiger partial charge in [0.25, 0.3) is 0 Å². The third-order valence-corrected chi connectivity index (χ3v) is 6.51. The Labute approximate surface area is 211 Å². The van der Waals surface area contributed by atoms with Gasteiger partial charge in [-0.3, -0.25) is 4.99 Å². The van der Waals surface area contributed by atoms with E-state index >= 15 is 0 Å². The molecule has 2 aromatic heterocycles. The minimum Gasteiger partial charge on any atom is -0.467 e. The Morgan fingerprint density at radius 2 is 2.17 bits per heavy atom.